The SMILES string of the molecule is COC(CNS(=O)(=O)C[C@@]12CC[C@H](CC1=O)C2(C)C)OC. The van der Waals surface area contributed by atoms with Crippen LogP contribution in [0.4, 0.5) is 0 Å². The Morgan fingerprint density at radius 2 is 1.95 bits per heavy atom. The first-order valence-electron chi connectivity index (χ1n) is 7.25. The first-order valence-corrected chi connectivity index (χ1v) is 8.90. The number of methoxy groups -OCH3 is 2. The Kier molecular flexibility index (Phi) is 4.50. The Balaban J connectivity index is 2.11. The average molecular weight is 319 g/mol. The third-order valence-electron chi connectivity index (χ3n) is 5.57. The van der Waals surface area contributed by atoms with Gasteiger partial charge in [-0.3, -0.25) is 4.79 Å². The zero-order valence-electron chi connectivity index (χ0n) is 13.1. The van der Waals surface area contributed by atoms with Crippen molar-refractivity contribution in [3.63, 3.8) is 0 Å². The summed E-state index contributed by atoms with van der Waals surface area (Å²) in [5, 5.41) is 0. The first-order chi connectivity index (χ1) is 9.68. The average Bonchev–Trinajstić information content (AvgIpc) is 2.73. The fourth-order valence-corrected chi connectivity index (χ4v) is 5.76. The zero-order chi connectivity index (χ0) is 15.9. The second-order valence-corrected chi connectivity index (χ2v) is 8.48. The maximum absolute atomic E-state index is 12.4. The summed E-state index contributed by atoms with van der Waals surface area (Å²) in [6.07, 6.45) is 1.50. The molecule has 122 valence electrons. The molecule has 2 aliphatic carbocycles. The van der Waals surface area contributed by atoms with Crippen LogP contribution in [0.1, 0.15) is 33.1 Å². The fourth-order valence-electron chi connectivity index (χ4n) is 3.94. The van der Waals surface area contributed by atoms with Crippen molar-refractivity contribution in [1.82, 2.24) is 4.72 Å². The van der Waals surface area contributed by atoms with Crippen LogP contribution in [-0.4, -0.2) is 47.0 Å². The van der Waals surface area contributed by atoms with Gasteiger partial charge in [0.15, 0.2) is 6.29 Å². The first kappa shape index (κ1) is 16.9. The molecule has 1 N–H and O–H groups in total. The van der Waals surface area contributed by atoms with Crippen molar-refractivity contribution >= 4 is 15.8 Å². The van der Waals surface area contributed by atoms with Crippen molar-refractivity contribution in [2.24, 2.45) is 16.7 Å². The summed E-state index contributed by atoms with van der Waals surface area (Å²) in [4.78, 5) is 12.4. The van der Waals surface area contributed by atoms with Crippen LogP contribution in [0.5, 0.6) is 0 Å². The topological polar surface area (TPSA) is 81.7 Å². The largest absolute Gasteiger partial charge is 0.355 e. The van der Waals surface area contributed by atoms with Crippen LogP contribution in [0.3, 0.4) is 0 Å². The number of sulfonamides is 1. The molecular weight excluding hydrogens is 294 g/mol. The molecule has 0 aromatic heterocycles. The van der Waals surface area contributed by atoms with E-state index in [1.807, 2.05) is 13.8 Å². The summed E-state index contributed by atoms with van der Waals surface area (Å²) in [6, 6.07) is 0. The van der Waals surface area contributed by atoms with Gasteiger partial charge in [-0.1, -0.05) is 13.8 Å². The number of carbonyl (C=O) groups is 1. The van der Waals surface area contributed by atoms with Crippen LogP contribution in [-0.2, 0) is 24.3 Å². The van der Waals surface area contributed by atoms with Crippen LogP contribution in [0.2, 0.25) is 0 Å². The van der Waals surface area contributed by atoms with Gasteiger partial charge in [-0.15, -0.1) is 0 Å². The smallest absolute Gasteiger partial charge is 0.212 e. The molecule has 2 saturated carbocycles. The van der Waals surface area contributed by atoms with Crippen LogP contribution in [0.25, 0.3) is 0 Å². The lowest BCUT2D eigenvalue weighted by atomic mass is 9.70. The number of hydrogen-bond donors (Lipinski definition) is 1. The minimum atomic E-state index is -3.56. The van der Waals surface area contributed by atoms with Crippen molar-refractivity contribution in [3.05, 3.63) is 0 Å². The highest BCUT2D eigenvalue weighted by molar-refractivity contribution is 7.89. The van der Waals surface area contributed by atoms with E-state index < -0.39 is 21.7 Å². The maximum atomic E-state index is 12.4. The van der Waals surface area contributed by atoms with E-state index in [-0.39, 0.29) is 23.5 Å². The van der Waals surface area contributed by atoms with E-state index in [9.17, 15) is 13.2 Å². The summed E-state index contributed by atoms with van der Waals surface area (Å²) in [5.41, 5.74) is -0.986. The van der Waals surface area contributed by atoms with Crippen molar-refractivity contribution in [1.29, 1.82) is 0 Å². The molecule has 2 aliphatic rings. The lowest BCUT2D eigenvalue weighted by Gasteiger charge is -2.36. The van der Waals surface area contributed by atoms with Crippen LogP contribution >= 0.6 is 0 Å². The monoisotopic (exact) mass is 319 g/mol. The number of carbonyl (C=O) groups excluding carboxylic acids is 1. The highest BCUT2D eigenvalue weighted by Gasteiger charge is 2.65. The van der Waals surface area contributed by atoms with Gasteiger partial charge in [0.05, 0.1) is 12.3 Å². The molecule has 0 aliphatic heterocycles. The minimum Gasteiger partial charge on any atom is -0.355 e. The van der Waals surface area contributed by atoms with Crippen LogP contribution in [0.15, 0.2) is 0 Å². The molecule has 0 spiro atoms. The van der Waals surface area contributed by atoms with Gasteiger partial charge in [0.1, 0.15) is 5.78 Å². The highest BCUT2D eigenvalue weighted by atomic mass is 32.2. The van der Waals surface area contributed by atoms with Gasteiger partial charge < -0.3 is 9.47 Å². The predicted octanol–water partition coefficient (Wildman–Crippen LogP) is 0.920. The Morgan fingerprint density at radius 1 is 1.33 bits per heavy atom. The van der Waals surface area contributed by atoms with Gasteiger partial charge in [-0.25, -0.2) is 13.1 Å². The van der Waals surface area contributed by atoms with Gasteiger partial charge in [0, 0.05) is 26.1 Å². The molecule has 2 fully saturated rings. The summed E-state index contributed by atoms with van der Waals surface area (Å²) in [5.74, 6) is 0.276. The van der Waals surface area contributed by atoms with Gasteiger partial charge in [-0.2, -0.15) is 0 Å². The van der Waals surface area contributed by atoms with E-state index in [1.54, 1.807) is 0 Å². The molecule has 0 saturated heterocycles. The van der Waals surface area contributed by atoms with Gasteiger partial charge in [0.2, 0.25) is 10.0 Å². The van der Waals surface area contributed by atoms with E-state index in [1.165, 1.54) is 14.2 Å². The fraction of sp³-hybridized carbons (Fsp3) is 0.929. The Morgan fingerprint density at radius 3 is 2.38 bits per heavy atom. The van der Waals surface area contributed by atoms with Crippen LogP contribution in [0, 0.1) is 16.7 Å². The summed E-state index contributed by atoms with van der Waals surface area (Å²) in [6.45, 7) is 4.10. The molecule has 21 heavy (non-hydrogen) atoms. The standard InChI is InChI=1S/C14H25NO5S/c1-13(2)10-5-6-14(13,11(16)7-10)9-21(17,18)15-8-12(19-3)20-4/h10,12,15H,5-9H2,1-4H3/t10-,14+/m1/s1. The number of fused-ring (bicyclic) bond motifs is 2. The lowest BCUT2D eigenvalue weighted by molar-refractivity contribution is -0.128. The third-order valence-corrected chi connectivity index (χ3v) is 7.05. The van der Waals surface area contributed by atoms with Crippen LogP contribution < -0.4 is 4.72 Å². The van der Waals surface area contributed by atoms with Gasteiger partial charge >= 0.3 is 0 Å². The van der Waals surface area contributed by atoms with E-state index in [2.05, 4.69) is 4.72 Å². The second kappa shape index (κ2) is 5.61. The molecule has 0 radical (unpaired) electrons. The van der Waals surface area contributed by atoms with Crippen molar-refractivity contribution in [2.75, 3.05) is 26.5 Å². The molecule has 6 nitrogen and oxygen atoms in total. The number of ketones is 1. The number of rotatable bonds is 7. The molecule has 2 rings (SSSR count). The van der Waals surface area contributed by atoms with E-state index >= 15 is 0 Å². The lowest BCUT2D eigenvalue weighted by Crippen LogP contribution is -2.46. The summed E-state index contributed by atoms with van der Waals surface area (Å²) >= 11 is 0. The molecule has 0 unspecified atom stereocenters. The Bertz CT molecular complexity index is 511. The van der Waals surface area contributed by atoms with Crippen molar-refractivity contribution in [3.8, 4) is 0 Å². The minimum absolute atomic E-state index is 0.0451. The molecule has 7 heteroatoms. The maximum Gasteiger partial charge on any atom is 0.212 e. The highest BCUT2D eigenvalue weighted by Crippen LogP contribution is 2.64. The van der Waals surface area contributed by atoms with E-state index in [0.29, 0.717) is 18.8 Å². The number of nitrogens with one attached hydrogen (secondary N) is 1. The van der Waals surface area contributed by atoms with Crippen molar-refractivity contribution in [2.45, 2.75) is 39.4 Å². The molecule has 0 amide bonds. The molecular formula is C14H25NO5S. The quantitative estimate of drug-likeness (QED) is 0.706. The van der Waals surface area contributed by atoms with Gasteiger partial charge in [0.25, 0.3) is 0 Å². The van der Waals surface area contributed by atoms with E-state index in [0.717, 1.165) is 6.42 Å². The Labute approximate surface area is 126 Å². The number of Topliss-reactive ketones (excluding diaryl/α,β-unsaturated/α-hetero) is 1. The second-order valence-electron chi connectivity index (χ2n) is 6.68. The van der Waals surface area contributed by atoms with E-state index in [4.69, 9.17) is 9.47 Å². The number of hydrogen-bond acceptors (Lipinski definition) is 5. The molecule has 0 heterocycles. The third kappa shape index (κ3) is 2.76. The van der Waals surface area contributed by atoms with Gasteiger partial charge in [-0.05, 0) is 24.2 Å². The summed E-state index contributed by atoms with van der Waals surface area (Å²) in [7, 11) is -0.657. The summed E-state index contributed by atoms with van der Waals surface area (Å²) < 4.78 is 37.2. The van der Waals surface area contributed by atoms with Crippen molar-refractivity contribution < 1.29 is 22.7 Å². The molecule has 2 bridgehead atoms. The molecule has 2 atom stereocenters. The molecule has 0 aromatic carbocycles. The Hall–Kier alpha value is -0.500. The zero-order valence-corrected chi connectivity index (χ0v) is 14.0. The molecule has 0 aromatic rings. The number of ether oxygens (including phenoxy) is 2. The predicted molar refractivity (Wildman–Crippen MR) is 78.2 cm³/mol. The normalized spacial score (nSPS) is 31.3.